The Kier molecular flexibility index (Phi) is 5.27. The maximum Gasteiger partial charge on any atom is 0.220 e. The fourth-order valence-electron chi connectivity index (χ4n) is 5.11. The molecule has 1 saturated carbocycles. The van der Waals surface area contributed by atoms with Crippen LogP contribution in [0.15, 0.2) is 42.6 Å². The fourth-order valence-corrected chi connectivity index (χ4v) is 5.11. The molecule has 1 aliphatic rings. The lowest BCUT2D eigenvalue weighted by Gasteiger charge is -2.19. The molecular formula is C28H36N+. The minimum absolute atomic E-state index is 0.305. The van der Waals surface area contributed by atoms with Gasteiger partial charge >= 0.3 is 0 Å². The molecule has 2 aromatic carbocycles. The largest absolute Gasteiger partial charge is 0.220 e. The number of pyridine rings is 1. The molecule has 0 aliphatic heterocycles. The minimum Gasteiger partial charge on any atom is -0.200 e. The number of fused-ring (bicyclic) bond motifs is 1. The van der Waals surface area contributed by atoms with Gasteiger partial charge in [-0.3, -0.25) is 0 Å². The van der Waals surface area contributed by atoms with Crippen LogP contribution in [0.5, 0.6) is 0 Å². The quantitative estimate of drug-likeness (QED) is 0.419. The first kappa shape index (κ1) is 20.1. The summed E-state index contributed by atoms with van der Waals surface area (Å²) in [5, 5.41) is 2.71. The molecule has 1 heterocycles. The fraction of sp³-hybridized carbons (Fsp3) is 0.464. The summed E-state index contributed by atoms with van der Waals surface area (Å²) < 4.78 is 2.31. The van der Waals surface area contributed by atoms with Crippen LogP contribution < -0.4 is 4.57 Å². The van der Waals surface area contributed by atoms with Gasteiger partial charge in [0.2, 0.25) is 5.69 Å². The Labute approximate surface area is 176 Å². The first-order chi connectivity index (χ1) is 13.7. The Bertz CT molecular complexity index is 1050. The SMILES string of the molecule is Cc1cc(C2CCCC2)cc(-c2c3ccc(CC(C)(C)C)cc3cc[n+]2C)c1C. The molecule has 0 amide bonds. The lowest BCUT2D eigenvalue weighted by Crippen LogP contribution is -2.31. The van der Waals surface area contributed by atoms with E-state index in [-0.39, 0.29) is 0 Å². The van der Waals surface area contributed by atoms with Gasteiger partial charge in [-0.15, -0.1) is 0 Å². The van der Waals surface area contributed by atoms with Crippen molar-refractivity contribution in [3.63, 3.8) is 0 Å². The molecule has 0 bridgehead atoms. The van der Waals surface area contributed by atoms with Crippen LogP contribution in [0.2, 0.25) is 0 Å². The predicted octanol–water partition coefficient (Wildman–Crippen LogP) is 7.19. The molecule has 1 nitrogen and oxygen atoms in total. The molecule has 1 aliphatic carbocycles. The normalized spacial score (nSPS) is 15.4. The molecule has 1 aromatic heterocycles. The van der Waals surface area contributed by atoms with Gasteiger partial charge in [0.1, 0.15) is 7.05 Å². The summed E-state index contributed by atoms with van der Waals surface area (Å²) in [4.78, 5) is 0. The van der Waals surface area contributed by atoms with Crippen molar-refractivity contribution in [3.05, 3.63) is 64.8 Å². The first-order valence-electron chi connectivity index (χ1n) is 11.3. The monoisotopic (exact) mass is 386 g/mol. The molecule has 0 spiro atoms. The Morgan fingerprint density at radius 2 is 1.69 bits per heavy atom. The lowest BCUT2D eigenvalue weighted by molar-refractivity contribution is -0.659. The number of rotatable bonds is 3. The van der Waals surface area contributed by atoms with E-state index >= 15 is 0 Å². The van der Waals surface area contributed by atoms with E-state index in [2.05, 4.69) is 88.8 Å². The van der Waals surface area contributed by atoms with Gasteiger partial charge in [0.15, 0.2) is 6.20 Å². The number of aromatic nitrogens is 1. The van der Waals surface area contributed by atoms with Crippen molar-refractivity contribution in [1.29, 1.82) is 0 Å². The van der Waals surface area contributed by atoms with Crippen molar-refractivity contribution >= 4 is 10.8 Å². The number of nitrogens with zero attached hydrogens (tertiary/aromatic N) is 1. The van der Waals surface area contributed by atoms with E-state index in [0.29, 0.717) is 5.41 Å². The molecular weight excluding hydrogens is 350 g/mol. The maximum absolute atomic E-state index is 2.50. The molecule has 29 heavy (non-hydrogen) atoms. The second kappa shape index (κ2) is 7.59. The molecule has 0 unspecified atom stereocenters. The van der Waals surface area contributed by atoms with Crippen LogP contribution in [0.4, 0.5) is 0 Å². The van der Waals surface area contributed by atoms with Crippen molar-refractivity contribution in [2.75, 3.05) is 0 Å². The topological polar surface area (TPSA) is 3.88 Å². The zero-order valence-corrected chi connectivity index (χ0v) is 19.1. The highest BCUT2D eigenvalue weighted by atomic mass is 14.9. The molecule has 1 heteroatoms. The molecule has 0 atom stereocenters. The van der Waals surface area contributed by atoms with E-state index in [4.69, 9.17) is 0 Å². The van der Waals surface area contributed by atoms with Crippen LogP contribution in [0, 0.1) is 19.3 Å². The van der Waals surface area contributed by atoms with Crippen molar-refractivity contribution in [2.45, 2.75) is 72.6 Å². The first-order valence-corrected chi connectivity index (χ1v) is 11.3. The second-order valence-corrected chi connectivity index (χ2v) is 10.4. The van der Waals surface area contributed by atoms with Gasteiger partial charge in [-0.25, -0.2) is 4.57 Å². The van der Waals surface area contributed by atoms with Crippen molar-refractivity contribution < 1.29 is 4.57 Å². The molecule has 0 radical (unpaired) electrons. The van der Waals surface area contributed by atoms with E-state index in [1.54, 1.807) is 5.56 Å². The minimum atomic E-state index is 0.305. The van der Waals surface area contributed by atoms with Crippen LogP contribution in [-0.2, 0) is 13.5 Å². The van der Waals surface area contributed by atoms with Crippen LogP contribution in [-0.4, -0.2) is 0 Å². The van der Waals surface area contributed by atoms with Gasteiger partial charge in [0.05, 0.1) is 10.9 Å². The Hall–Kier alpha value is -2.15. The molecule has 3 aromatic rings. The van der Waals surface area contributed by atoms with E-state index in [1.807, 2.05) is 0 Å². The van der Waals surface area contributed by atoms with E-state index < -0.39 is 0 Å². The summed E-state index contributed by atoms with van der Waals surface area (Å²) in [6.07, 6.45) is 8.79. The number of aryl methyl sites for hydroxylation is 2. The summed E-state index contributed by atoms with van der Waals surface area (Å²) in [5.41, 5.74) is 8.87. The zero-order valence-electron chi connectivity index (χ0n) is 19.1. The summed E-state index contributed by atoms with van der Waals surface area (Å²) in [5.74, 6) is 0.742. The average molecular weight is 387 g/mol. The average Bonchev–Trinajstić information content (AvgIpc) is 3.18. The summed E-state index contributed by atoms with van der Waals surface area (Å²) >= 11 is 0. The highest BCUT2D eigenvalue weighted by molar-refractivity contribution is 5.94. The van der Waals surface area contributed by atoms with Gasteiger partial charge in [0.25, 0.3) is 0 Å². The lowest BCUT2D eigenvalue weighted by atomic mass is 9.86. The van der Waals surface area contributed by atoms with Crippen LogP contribution in [0.25, 0.3) is 22.0 Å². The molecule has 1 fully saturated rings. The summed E-state index contributed by atoms with van der Waals surface area (Å²) in [6, 6.07) is 14.3. The third-order valence-corrected chi connectivity index (χ3v) is 6.71. The Morgan fingerprint density at radius 3 is 2.38 bits per heavy atom. The molecule has 4 rings (SSSR count). The Morgan fingerprint density at radius 1 is 0.966 bits per heavy atom. The van der Waals surface area contributed by atoms with Crippen LogP contribution in [0.3, 0.4) is 0 Å². The van der Waals surface area contributed by atoms with Gasteiger partial charge < -0.3 is 0 Å². The summed E-state index contributed by atoms with van der Waals surface area (Å²) in [6.45, 7) is 11.5. The van der Waals surface area contributed by atoms with Crippen LogP contribution in [0.1, 0.15) is 74.6 Å². The molecule has 0 saturated heterocycles. The van der Waals surface area contributed by atoms with Gasteiger partial charge in [-0.2, -0.15) is 0 Å². The third kappa shape index (κ3) is 4.10. The van der Waals surface area contributed by atoms with Crippen molar-refractivity contribution in [3.8, 4) is 11.3 Å². The zero-order chi connectivity index (χ0) is 20.8. The summed E-state index contributed by atoms with van der Waals surface area (Å²) in [7, 11) is 2.19. The second-order valence-electron chi connectivity index (χ2n) is 10.4. The van der Waals surface area contributed by atoms with Gasteiger partial charge in [0, 0.05) is 6.07 Å². The highest BCUT2D eigenvalue weighted by Gasteiger charge is 2.23. The van der Waals surface area contributed by atoms with E-state index in [0.717, 1.165) is 12.3 Å². The van der Waals surface area contributed by atoms with Gasteiger partial charge in [-0.1, -0.05) is 51.8 Å². The number of hydrogen-bond acceptors (Lipinski definition) is 0. The Balaban J connectivity index is 1.88. The standard InChI is InChI=1S/C28H36N/c1-19-15-24(22-9-7-8-10-22)17-26(20(19)2)27-25-12-11-21(18-28(3,4)5)16-23(25)13-14-29(27)6/h11-17,22H,7-10,18H2,1-6H3/q+1. The van der Waals surface area contributed by atoms with E-state index in [1.165, 1.54) is 64.4 Å². The number of benzene rings is 2. The maximum atomic E-state index is 2.50. The van der Waals surface area contributed by atoms with E-state index in [9.17, 15) is 0 Å². The predicted molar refractivity (Wildman–Crippen MR) is 124 cm³/mol. The highest BCUT2D eigenvalue weighted by Crippen LogP contribution is 2.38. The van der Waals surface area contributed by atoms with Crippen LogP contribution >= 0.6 is 0 Å². The van der Waals surface area contributed by atoms with Crippen molar-refractivity contribution in [1.82, 2.24) is 0 Å². The van der Waals surface area contributed by atoms with Crippen molar-refractivity contribution in [2.24, 2.45) is 12.5 Å². The third-order valence-electron chi connectivity index (χ3n) is 6.71. The molecule has 0 N–H and O–H groups in total. The van der Waals surface area contributed by atoms with Gasteiger partial charge in [-0.05, 0) is 84.2 Å². The smallest absolute Gasteiger partial charge is 0.200 e. The number of hydrogen-bond donors (Lipinski definition) is 0. The molecule has 152 valence electrons.